The van der Waals surface area contributed by atoms with Crippen LogP contribution in [0.25, 0.3) is 21.6 Å². The lowest BCUT2D eigenvalue weighted by molar-refractivity contribution is -0.0367. The average Bonchev–Trinajstić information content (AvgIpc) is 3.52. The Hall–Kier alpha value is -2.17. The fourth-order valence-electron chi connectivity index (χ4n) is 4.40. The molecule has 1 atom stereocenters. The predicted molar refractivity (Wildman–Crippen MR) is 116 cm³/mol. The third-order valence-electron chi connectivity index (χ3n) is 6.02. The van der Waals surface area contributed by atoms with E-state index in [0.29, 0.717) is 11.5 Å². The molecule has 29 heavy (non-hydrogen) atoms. The second-order valence-electron chi connectivity index (χ2n) is 7.98. The van der Waals surface area contributed by atoms with E-state index in [4.69, 9.17) is 9.47 Å². The van der Waals surface area contributed by atoms with Crippen molar-refractivity contribution in [3.05, 3.63) is 66.0 Å². The van der Waals surface area contributed by atoms with Gasteiger partial charge in [0, 0.05) is 16.9 Å². The van der Waals surface area contributed by atoms with Gasteiger partial charge in [-0.2, -0.15) is 0 Å². The molecule has 2 aromatic carbocycles. The average molecular weight is 409 g/mol. The minimum Gasteiger partial charge on any atom is -0.455 e. The zero-order valence-corrected chi connectivity index (χ0v) is 17.2. The first kappa shape index (κ1) is 18.8. The quantitative estimate of drug-likeness (QED) is 0.438. The Morgan fingerprint density at radius 2 is 1.66 bits per heavy atom. The zero-order chi connectivity index (χ0) is 19.6. The summed E-state index contributed by atoms with van der Waals surface area (Å²) in [7, 11) is 0. The summed E-state index contributed by atoms with van der Waals surface area (Å²) in [6.45, 7) is 0.751. The van der Waals surface area contributed by atoms with Gasteiger partial charge < -0.3 is 9.47 Å². The fraction of sp³-hybridized carbons (Fsp3) is 0.360. The van der Waals surface area contributed by atoms with Crippen LogP contribution in [0.5, 0.6) is 5.06 Å². The lowest BCUT2D eigenvalue weighted by Gasteiger charge is -2.11. The molecule has 0 radical (unpaired) electrons. The van der Waals surface area contributed by atoms with E-state index in [-0.39, 0.29) is 12.1 Å². The third kappa shape index (κ3) is 4.10. The number of hydrogen-bond donors (Lipinski definition) is 0. The summed E-state index contributed by atoms with van der Waals surface area (Å²) >= 11 is 1.46. The van der Waals surface area contributed by atoms with Crippen LogP contribution in [0.4, 0.5) is 4.39 Å². The summed E-state index contributed by atoms with van der Waals surface area (Å²) in [5.41, 5.74) is 4.01. The van der Waals surface area contributed by atoms with Crippen molar-refractivity contribution in [3.63, 3.8) is 0 Å². The van der Waals surface area contributed by atoms with Crippen LogP contribution in [0.15, 0.2) is 54.6 Å². The van der Waals surface area contributed by atoms with Gasteiger partial charge in [-0.1, -0.05) is 54.5 Å². The highest BCUT2D eigenvalue weighted by atomic mass is 32.1. The second-order valence-corrected chi connectivity index (χ2v) is 9.02. The van der Waals surface area contributed by atoms with Crippen molar-refractivity contribution in [2.75, 3.05) is 6.61 Å². The van der Waals surface area contributed by atoms with Gasteiger partial charge in [0.15, 0.2) is 5.06 Å². The summed E-state index contributed by atoms with van der Waals surface area (Å²) in [4.78, 5) is 0.874. The zero-order valence-electron chi connectivity index (χ0n) is 16.4. The highest BCUT2D eigenvalue weighted by Crippen LogP contribution is 2.38. The number of hydrogen-bond acceptors (Lipinski definition) is 3. The van der Waals surface area contributed by atoms with Gasteiger partial charge in [0.25, 0.3) is 0 Å². The first-order chi connectivity index (χ1) is 14.3. The maximum absolute atomic E-state index is 14.9. The molecule has 1 unspecified atom stereocenters. The molecule has 0 spiro atoms. The van der Waals surface area contributed by atoms with Gasteiger partial charge in [0.2, 0.25) is 6.29 Å². The van der Waals surface area contributed by atoms with E-state index >= 15 is 0 Å². The maximum atomic E-state index is 14.9. The summed E-state index contributed by atoms with van der Waals surface area (Å²) in [5, 5.41) is 0.776. The van der Waals surface area contributed by atoms with Gasteiger partial charge in [-0.15, -0.1) is 0 Å². The summed E-state index contributed by atoms with van der Waals surface area (Å²) in [6, 6.07) is 18.0. The smallest absolute Gasteiger partial charge is 0.200 e. The van der Waals surface area contributed by atoms with Crippen LogP contribution < -0.4 is 4.74 Å². The van der Waals surface area contributed by atoms with Gasteiger partial charge >= 0.3 is 0 Å². The summed E-state index contributed by atoms with van der Waals surface area (Å²) < 4.78 is 26.3. The SMILES string of the molecule is Fc1cc(-c2ccc(C3CCCC3)cc2)ccc1-c1ccc(OC2CCCO2)s1. The molecule has 150 valence electrons. The van der Waals surface area contributed by atoms with Crippen molar-refractivity contribution in [2.24, 2.45) is 0 Å². The Morgan fingerprint density at radius 3 is 2.38 bits per heavy atom. The molecule has 0 N–H and O–H groups in total. The first-order valence-corrected chi connectivity index (χ1v) is 11.4. The molecule has 0 bridgehead atoms. The molecule has 1 saturated heterocycles. The van der Waals surface area contributed by atoms with Crippen LogP contribution in [0.2, 0.25) is 0 Å². The molecule has 2 heterocycles. The molecule has 4 heteroatoms. The normalized spacial score (nSPS) is 19.7. The van der Waals surface area contributed by atoms with Crippen LogP contribution in [-0.4, -0.2) is 12.9 Å². The van der Waals surface area contributed by atoms with E-state index in [9.17, 15) is 4.39 Å². The molecule has 3 aromatic rings. The van der Waals surface area contributed by atoms with E-state index in [0.717, 1.165) is 40.5 Å². The first-order valence-electron chi connectivity index (χ1n) is 10.5. The second kappa shape index (κ2) is 8.29. The van der Waals surface area contributed by atoms with Gasteiger partial charge in [0.1, 0.15) is 5.82 Å². The van der Waals surface area contributed by atoms with Crippen molar-refractivity contribution in [1.82, 2.24) is 0 Å². The van der Waals surface area contributed by atoms with Crippen LogP contribution >= 0.6 is 11.3 Å². The van der Waals surface area contributed by atoms with Crippen LogP contribution in [0.1, 0.15) is 50.0 Å². The van der Waals surface area contributed by atoms with Crippen molar-refractivity contribution in [2.45, 2.75) is 50.7 Å². The highest BCUT2D eigenvalue weighted by Gasteiger charge is 2.19. The number of thiophene rings is 1. The lowest BCUT2D eigenvalue weighted by Crippen LogP contribution is -2.12. The van der Waals surface area contributed by atoms with Crippen LogP contribution in [-0.2, 0) is 4.74 Å². The molecule has 1 saturated carbocycles. The third-order valence-corrected chi connectivity index (χ3v) is 7.03. The molecule has 2 aliphatic rings. The molecule has 2 nitrogen and oxygen atoms in total. The Bertz CT molecular complexity index is 967. The van der Waals surface area contributed by atoms with Gasteiger partial charge in [-0.25, -0.2) is 4.39 Å². The minimum absolute atomic E-state index is 0.166. The molecule has 5 rings (SSSR count). The molecule has 1 aliphatic heterocycles. The molecular weight excluding hydrogens is 383 g/mol. The standard InChI is InChI=1S/C25H25FO2S/c26-22-16-20(19-9-7-18(8-10-19)17-4-1-2-5-17)11-12-21(22)23-13-14-25(29-23)28-24-6-3-15-27-24/h7-14,16-17,24H,1-6,15H2. The van der Waals surface area contributed by atoms with Crippen LogP contribution in [0, 0.1) is 5.82 Å². The van der Waals surface area contributed by atoms with E-state index in [2.05, 4.69) is 24.3 Å². The number of halogens is 1. The van der Waals surface area contributed by atoms with Gasteiger partial charge in [-0.05, 0) is 66.1 Å². The number of ether oxygens (including phenoxy) is 2. The predicted octanol–water partition coefficient (Wildman–Crippen LogP) is 7.39. The van der Waals surface area contributed by atoms with Gasteiger partial charge in [-0.3, -0.25) is 0 Å². The van der Waals surface area contributed by atoms with Crippen LogP contribution in [0.3, 0.4) is 0 Å². The molecule has 1 aliphatic carbocycles. The maximum Gasteiger partial charge on any atom is 0.200 e. The topological polar surface area (TPSA) is 18.5 Å². The van der Waals surface area contributed by atoms with E-state index in [1.54, 1.807) is 6.07 Å². The van der Waals surface area contributed by atoms with Crippen molar-refractivity contribution in [1.29, 1.82) is 0 Å². The Balaban J connectivity index is 1.33. The van der Waals surface area contributed by atoms with E-state index in [1.807, 2.05) is 24.3 Å². The Morgan fingerprint density at radius 1 is 0.862 bits per heavy atom. The Labute approximate surface area is 175 Å². The van der Waals surface area contributed by atoms with E-state index < -0.39 is 0 Å². The lowest BCUT2D eigenvalue weighted by atomic mass is 9.95. The largest absolute Gasteiger partial charge is 0.455 e. The molecular formula is C25H25FO2S. The number of benzene rings is 2. The Kier molecular flexibility index (Phi) is 5.38. The van der Waals surface area contributed by atoms with Gasteiger partial charge in [0.05, 0.1) is 6.61 Å². The molecule has 0 amide bonds. The van der Waals surface area contributed by atoms with Crippen molar-refractivity contribution < 1.29 is 13.9 Å². The van der Waals surface area contributed by atoms with Crippen molar-refractivity contribution >= 4 is 11.3 Å². The minimum atomic E-state index is -0.201. The highest BCUT2D eigenvalue weighted by molar-refractivity contribution is 7.17. The summed E-state index contributed by atoms with van der Waals surface area (Å²) in [6.07, 6.45) is 7.03. The monoisotopic (exact) mass is 408 g/mol. The summed E-state index contributed by atoms with van der Waals surface area (Å²) in [5.74, 6) is 0.501. The number of rotatable bonds is 5. The van der Waals surface area contributed by atoms with E-state index in [1.165, 1.54) is 42.6 Å². The fourth-order valence-corrected chi connectivity index (χ4v) is 5.32. The van der Waals surface area contributed by atoms with Crippen molar-refractivity contribution in [3.8, 4) is 26.6 Å². The molecule has 1 aromatic heterocycles. The molecule has 2 fully saturated rings.